The Balaban J connectivity index is 1.69. The van der Waals surface area contributed by atoms with Crippen molar-refractivity contribution in [3.05, 3.63) is 60.3 Å². The average molecular weight is 475 g/mol. The van der Waals surface area contributed by atoms with Crippen LogP contribution in [0, 0.1) is 0 Å². The molecule has 1 aromatic heterocycles. The highest BCUT2D eigenvalue weighted by atomic mass is 32.2. The summed E-state index contributed by atoms with van der Waals surface area (Å²) in [5.41, 5.74) is -3.98. The van der Waals surface area contributed by atoms with Gasteiger partial charge in [0.25, 0.3) is 5.91 Å². The van der Waals surface area contributed by atoms with Crippen LogP contribution in [-0.4, -0.2) is 40.0 Å². The number of ether oxygens (including phenoxy) is 1. The van der Waals surface area contributed by atoms with Gasteiger partial charge in [0.05, 0.1) is 31.1 Å². The van der Waals surface area contributed by atoms with Crippen LogP contribution >= 0.6 is 11.8 Å². The maximum Gasteiger partial charge on any atom is 0.446 e. The maximum absolute atomic E-state index is 13.4. The van der Waals surface area contributed by atoms with Crippen molar-refractivity contribution in [2.75, 3.05) is 12.0 Å². The van der Waals surface area contributed by atoms with Gasteiger partial charge in [-0.1, -0.05) is 18.2 Å². The van der Waals surface area contributed by atoms with Crippen LogP contribution in [0.1, 0.15) is 19.4 Å². The second kappa shape index (κ2) is 8.26. The van der Waals surface area contributed by atoms with Gasteiger partial charge in [-0.05, 0) is 55.9 Å². The molecule has 0 radical (unpaired) electrons. The van der Waals surface area contributed by atoms with E-state index in [1.807, 2.05) is 24.3 Å². The summed E-state index contributed by atoms with van der Waals surface area (Å²) in [5, 5.41) is 0.792. The molecule has 4 rings (SSSR count). The van der Waals surface area contributed by atoms with Gasteiger partial charge >= 0.3 is 11.5 Å². The summed E-state index contributed by atoms with van der Waals surface area (Å²) in [4.78, 5) is 33.3. The van der Waals surface area contributed by atoms with Crippen LogP contribution in [0.5, 0.6) is 5.75 Å². The summed E-state index contributed by atoms with van der Waals surface area (Å²) in [6.07, 6.45) is 1.57. The summed E-state index contributed by atoms with van der Waals surface area (Å²) in [6.45, 7) is 3.36. The first kappa shape index (κ1) is 22.9. The molecule has 0 saturated carbocycles. The molecule has 3 amide bonds. The molecule has 0 aliphatic carbocycles. The molecule has 3 aromatic rings. The lowest BCUT2D eigenvalue weighted by Gasteiger charge is -2.28. The number of carbonyl (C=O) groups excluding carboxylic acids is 2. The SMILES string of the molecule is COc1cnc2ccccc2c1CN1C(=O)N(c2ccc(SC(F)(F)F)cc2)C(=O)C1(C)C. The minimum absolute atomic E-state index is 0.0329. The largest absolute Gasteiger partial charge is 0.495 e. The lowest BCUT2D eigenvalue weighted by Crippen LogP contribution is -2.43. The summed E-state index contributed by atoms with van der Waals surface area (Å²) in [6, 6.07) is 12.0. The second-order valence-corrected chi connectivity index (χ2v) is 9.07. The smallest absolute Gasteiger partial charge is 0.446 e. The third-order valence-electron chi connectivity index (χ3n) is 5.54. The number of halogens is 3. The van der Waals surface area contributed by atoms with E-state index in [4.69, 9.17) is 4.74 Å². The summed E-state index contributed by atoms with van der Waals surface area (Å²) >= 11 is -0.258. The van der Waals surface area contributed by atoms with Gasteiger partial charge < -0.3 is 9.64 Å². The fourth-order valence-electron chi connectivity index (χ4n) is 3.80. The van der Waals surface area contributed by atoms with Crippen LogP contribution in [0.2, 0.25) is 0 Å². The molecule has 0 atom stereocenters. The number of pyridine rings is 1. The van der Waals surface area contributed by atoms with E-state index in [1.54, 1.807) is 20.0 Å². The van der Waals surface area contributed by atoms with E-state index in [0.29, 0.717) is 11.3 Å². The Morgan fingerprint density at radius 3 is 2.36 bits per heavy atom. The van der Waals surface area contributed by atoms with Gasteiger partial charge in [-0.2, -0.15) is 13.2 Å². The fourth-order valence-corrected chi connectivity index (χ4v) is 4.34. The number of methoxy groups -OCH3 is 1. The fraction of sp³-hybridized carbons (Fsp3) is 0.261. The van der Waals surface area contributed by atoms with Crippen LogP contribution in [0.25, 0.3) is 10.9 Å². The van der Waals surface area contributed by atoms with Crippen molar-refractivity contribution in [3.63, 3.8) is 0 Å². The normalized spacial score (nSPS) is 16.1. The molecule has 10 heteroatoms. The lowest BCUT2D eigenvalue weighted by molar-refractivity contribution is -0.123. The number of anilines is 1. The Bertz CT molecular complexity index is 1230. The molecular formula is C23H20F3N3O3S. The zero-order valence-corrected chi connectivity index (χ0v) is 18.8. The van der Waals surface area contributed by atoms with E-state index in [9.17, 15) is 22.8 Å². The first-order chi connectivity index (χ1) is 15.5. The number of benzene rings is 2. The molecule has 2 aromatic carbocycles. The molecule has 0 bridgehead atoms. The predicted octanol–water partition coefficient (Wildman–Crippen LogP) is 5.60. The molecule has 1 saturated heterocycles. The number of aromatic nitrogens is 1. The van der Waals surface area contributed by atoms with E-state index in [2.05, 4.69) is 4.98 Å². The van der Waals surface area contributed by atoms with E-state index >= 15 is 0 Å². The van der Waals surface area contributed by atoms with Crippen LogP contribution in [0.3, 0.4) is 0 Å². The Morgan fingerprint density at radius 2 is 1.73 bits per heavy atom. The molecule has 6 nitrogen and oxygen atoms in total. The molecule has 2 heterocycles. The number of carbonyl (C=O) groups is 2. The minimum Gasteiger partial charge on any atom is -0.495 e. The molecule has 0 unspecified atom stereocenters. The van der Waals surface area contributed by atoms with Gasteiger partial charge in [-0.3, -0.25) is 9.78 Å². The number of hydrogen-bond donors (Lipinski definition) is 0. The molecule has 33 heavy (non-hydrogen) atoms. The lowest BCUT2D eigenvalue weighted by atomic mass is 10.0. The number of thioether (sulfide) groups is 1. The van der Waals surface area contributed by atoms with Crippen LogP contribution in [-0.2, 0) is 11.3 Å². The number of alkyl halides is 3. The number of rotatable bonds is 5. The van der Waals surface area contributed by atoms with Gasteiger partial charge in [-0.15, -0.1) is 0 Å². The van der Waals surface area contributed by atoms with Crippen molar-refractivity contribution in [1.29, 1.82) is 0 Å². The van der Waals surface area contributed by atoms with Crippen molar-refractivity contribution in [2.24, 2.45) is 0 Å². The first-order valence-electron chi connectivity index (χ1n) is 9.95. The number of para-hydroxylation sites is 1. The zero-order valence-electron chi connectivity index (χ0n) is 18.0. The molecule has 1 aliphatic rings. The molecule has 172 valence electrons. The van der Waals surface area contributed by atoms with E-state index < -0.39 is 23.0 Å². The summed E-state index contributed by atoms with van der Waals surface area (Å²) < 4.78 is 43.3. The molecule has 1 fully saturated rings. The molecular weight excluding hydrogens is 455 g/mol. The number of nitrogens with zero attached hydrogens (tertiary/aromatic N) is 3. The number of urea groups is 1. The standard InChI is InChI=1S/C23H20F3N3O3S/c1-22(2)20(30)29(14-8-10-15(11-9-14)33-23(24,25)26)21(31)28(22)13-17-16-6-4-5-7-18(16)27-12-19(17)32-3/h4-12H,13H2,1-3H3. The Kier molecular flexibility index (Phi) is 5.73. The van der Waals surface area contributed by atoms with Crippen LogP contribution in [0.15, 0.2) is 59.6 Å². The van der Waals surface area contributed by atoms with Crippen molar-refractivity contribution >= 4 is 40.3 Å². The van der Waals surface area contributed by atoms with Crippen molar-refractivity contribution in [1.82, 2.24) is 9.88 Å². The van der Waals surface area contributed by atoms with Gasteiger partial charge in [-0.25, -0.2) is 9.69 Å². The number of amides is 3. The highest BCUT2D eigenvalue weighted by molar-refractivity contribution is 8.00. The monoisotopic (exact) mass is 475 g/mol. The number of fused-ring (bicyclic) bond motifs is 1. The van der Waals surface area contributed by atoms with Crippen molar-refractivity contribution in [2.45, 2.75) is 36.3 Å². The highest BCUT2D eigenvalue weighted by Gasteiger charge is 2.52. The summed E-state index contributed by atoms with van der Waals surface area (Å²) in [7, 11) is 1.50. The minimum atomic E-state index is -4.42. The third-order valence-corrected chi connectivity index (χ3v) is 6.27. The van der Waals surface area contributed by atoms with Gasteiger partial charge in [0.2, 0.25) is 0 Å². The topological polar surface area (TPSA) is 62.7 Å². The van der Waals surface area contributed by atoms with Crippen molar-refractivity contribution < 1.29 is 27.5 Å². The first-order valence-corrected chi connectivity index (χ1v) is 10.8. The Labute approximate surface area is 192 Å². The Morgan fingerprint density at radius 1 is 1.06 bits per heavy atom. The predicted molar refractivity (Wildman–Crippen MR) is 119 cm³/mol. The third kappa shape index (κ3) is 4.22. The van der Waals surface area contributed by atoms with Gasteiger partial charge in [0.15, 0.2) is 0 Å². The van der Waals surface area contributed by atoms with Gasteiger partial charge in [0.1, 0.15) is 11.3 Å². The summed E-state index contributed by atoms with van der Waals surface area (Å²) in [5.74, 6) is 0.0118. The van der Waals surface area contributed by atoms with Crippen LogP contribution in [0.4, 0.5) is 23.7 Å². The molecule has 0 N–H and O–H groups in total. The van der Waals surface area contributed by atoms with E-state index in [1.165, 1.54) is 36.3 Å². The Hall–Kier alpha value is -3.27. The number of imide groups is 1. The van der Waals surface area contributed by atoms with Crippen molar-refractivity contribution in [3.8, 4) is 5.75 Å². The second-order valence-electron chi connectivity index (χ2n) is 7.93. The molecule has 1 aliphatic heterocycles. The van der Waals surface area contributed by atoms with Gasteiger partial charge in [0, 0.05) is 15.8 Å². The average Bonchev–Trinajstić information content (AvgIpc) is 2.93. The quantitative estimate of drug-likeness (QED) is 0.355. The maximum atomic E-state index is 13.4. The van der Waals surface area contributed by atoms with Crippen LogP contribution < -0.4 is 9.64 Å². The molecule has 0 spiro atoms. The highest BCUT2D eigenvalue weighted by Crippen LogP contribution is 2.39. The van der Waals surface area contributed by atoms with E-state index in [-0.39, 0.29) is 28.9 Å². The zero-order chi connectivity index (χ0) is 24.0. The number of hydrogen-bond acceptors (Lipinski definition) is 5. The van der Waals surface area contributed by atoms with E-state index in [0.717, 1.165) is 15.8 Å².